The molecule has 0 aromatic carbocycles. The monoisotopic (exact) mass is 216 g/mol. The summed E-state index contributed by atoms with van der Waals surface area (Å²) in [4.78, 5) is 4.34. The van der Waals surface area contributed by atoms with E-state index in [0.29, 0.717) is 0 Å². The number of nitrogens with one attached hydrogen (secondary N) is 2. The number of pyridine rings is 1. The Morgan fingerprint density at radius 3 is 2.62 bits per heavy atom. The molecule has 16 heavy (non-hydrogen) atoms. The van der Waals surface area contributed by atoms with Crippen LogP contribution in [0.1, 0.15) is 22.6 Å². The Bertz CT molecular complexity index is 451. The van der Waals surface area contributed by atoms with Gasteiger partial charge in [-0.2, -0.15) is 5.10 Å². The van der Waals surface area contributed by atoms with Crippen LogP contribution in [0, 0.1) is 20.8 Å². The molecule has 2 aromatic heterocycles. The van der Waals surface area contributed by atoms with Crippen molar-refractivity contribution in [2.24, 2.45) is 0 Å². The lowest BCUT2D eigenvalue weighted by molar-refractivity contribution is 1.02. The van der Waals surface area contributed by atoms with E-state index in [4.69, 9.17) is 0 Å². The fourth-order valence-corrected chi connectivity index (χ4v) is 1.59. The fraction of sp³-hybridized carbons (Fsp3) is 0.333. The number of nitrogens with zero attached hydrogens (tertiary/aromatic N) is 2. The molecular formula is C12H16N4. The summed E-state index contributed by atoms with van der Waals surface area (Å²) in [6.45, 7) is 6.75. The van der Waals surface area contributed by atoms with Gasteiger partial charge in [0.1, 0.15) is 0 Å². The molecule has 4 nitrogen and oxygen atoms in total. The average Bonchev–Trinajstić information content (AvgIpc) is 2.59. The van der Waals surface area contributed by atoms with Crippen LogP contribution in [-0.2, 0) is 6.54 Å². The summed E-state index contributed by atoms with van der Waals surface area (Å²) in [7, 11) is 0. The number of aryl methyl sites for hydroxylation is 3. The van der Waals surface area contributed by atoms with E-state index in [2.05, 4.69) is 26.6 Å². The largest absolute Gasteiger partial charge is 0.376 e. The molecule has 0 aliphatic carbocycles. The number of aromatic nitrogens is 3. The van der Waals surface area contributed by atoms with Gasteiger partial charge in [0.25, 0.3) is 0 Å². The molecule has 4 heteroatoms. The Morgan fingerprint density at radius 2 is 2.06 bits per heavy atom. The molecule has 0 fully saturated rings. The molecule has 2 rings (SSSR count). The van der Waals surface area contributed by atoms with Gasteiger partial charge in [-0.25, -0.2) is 0 Å². The fourth-order valence-electron chi connectivity index (χ4n) is 1.59. The number of anilines is 1. The Kier molecular flexibility index (Phi) is 2.90. The summed E-state index contributed by atoms with van der Waals surface area (Å²) in [6.07, 6.45) is 1.88. The summed E-state index contributed by atoms with van der Waals surface area (Å²) in [6, 6.07) is 4.10. The van der Waals surface area contributed by atoms with E-state index in [0.717, 1.165) is 29.3 Å². The van der Waals surface area contributed by atoms with Crippen LogP contribution in [0.25, 0.3) is 0 Å². The number of hydrogen-bond donors (Lipinski definition) is 2. The lowest BCUT2D eigenvalue weighted by atomic mass is 10.2. The van der Waals surface area contributed by atoms with Crippen molar-refractivity contribution in [2.75, 3.05) is 5.32 Å². The van der Waals surface area contributed by atoms with Crippen LogP contribution in [0.15, 0.2) is 18.3 Å². The molecule has 0 atom stereocenters. The lowest BCUT2D eigenvalue weighted by Gasteiger charge is -2.05. The van der Waals surface area contributed by atoms with Crippen molar-refractivity contribution in [3.63, 3.8) is 0 Å². The van der Waals surface area contributed by atoms with Gasteiger partial charge < -0.3 is 5.32 Å². The van der Waals surface area contributed by atoms with Crippen molar-refractivity contribution in [3.8, 4) is 0 Å². The predicted molar refractivity (Wildman–Crippen MR) is 64.4 cm³/mol. The highest BCUT2D eigenvalue weighted by Crippen LogP contribution is 2.16. The van der Waals surface area contributed by atoms with Gasteiger partial charge in [-0.3, -0.25) is 10.1 Å². The third kappa shape index (κ3) is 2.21. The third-order valence-corrected chi connectivity index (χ3v) is 2.55. The van der Waals surface area contributed by atoms with Gasteiger partial charge in [0.2, 0.25) is 0 Å². The van der Waals surface area contributed by atoms with Crippen molar-refractivity contribution in [1.82, 2.24) is 15.2 Å². The number of hydrogen-bond acceptors (Lipinski definition) is 3. The van der Waals surface area contributed by atoms with Crippen LogP contribution in [0.3, 0.4) is 0 Å². The van der Waals surface area contributed by atoms with E-state index < -0.39 is 0 Å². The Hall–Kier alpha value is -1.84. The van der Waals surface area contributed by atoms with Gasteiger partial charge in [0.05, 0.1) is 29.3 Å². The van der Waals surface area contributed by atoms with Crippen molar-refractivity contribution in [2.45, 2.75) is 27.3 Å². The summed E-state index contributed by atoms with van der Waals surface area (Å²) in [5, 5.41) is 10.4. The van der Waals surface area contributed by atoms with E-state index in [1.165, 1.54) is 5.56 Å². The molecule has 0 unspecified atom stereocenters. The van der Waals surface area contributed by atoms with Gasteiger partial charge in [0, 0.05) is 6.20 Å². The summed E-state index contributed by atoms with van der Waals surface area (Å²) < 4.78 is 0. The second-order valence-electron chi connectivity index (χ2n) is 3.99. The number of aromatic amines is 1. The normalized spacial score (nSPS) is 10.4. The SMILES string of the molecule is Cc1ccc(CNc2c(C)n[nH]c2C)nc1. The van der Waals surface area contributed by atoms with E-state index in [1.54, 1.807) is 0 Å². The molecule has 0 radical (unpaired) electrons. The first-order chi connectivity index (χ1) is 7.66. The van der Waals surface area contributed by atoms with Crippen molar-refractivity contribution >= 4 is 5.69 Å². The molecule has 2 N–H and O–H groups in total. The van der Waals surface area contributed by atoms with E-state index >= 15 is 0 Å². The number of rotatable bonds is 3. The van der Waals surface area contributed by atoms with E-state index in [9.17, 15) is 0 Å². The first kappa shape index (κ1) is 10.7. The molecular weight excluding hydrogens is 200 g/mol. The van der Waals surface area contributed by atoms with Crippen LogP contribution in [0.5, 0.6) is 0 Å². The van der Waals surface area contributed by atoms with Crippen LogP contribution in [-0.4, -0.2) is 15.2 Å². The third-order valence-electron chi connectivity index (χ3n) is 2.55. The van der Waals surface area contributed by atoms with Gasteiger partial charge in [-0.1, -0.05) is 6.07 Å². The molecule has 2 aromatic rings. The zero-order valence-corrected chi connectivity index (χ0v) is 9.83. The van der Waals surface area contributed by atoms with Crippen LogP contribution in [0.4, 0.5) is 5.69 Å². The minimum atomic E-state index is 0.724. The van der Waals surface area contributed by atoms with Crippen molar-refractivity contribution < 1.29 is 0 Å². The molecule has 0 aliphatic rings. The van der Waals surface area contributed by atoms with Crippen molar-refractivity contribution in [1.29, 1.82) is 0 Å². The van der Waals surface area contributed by atoms with Crippen LogP contribution >= 0.6 is 0 Å². The molecule has 2 heterocycles. The zero-order valence-electron chi connectivity index (χ0n) is 9.83. The van der Waals surface area contributed by atoms with Gasteiger partial charge in [-0.05, 0) is 32.4 Å². The molecule has 0 saturated heterocycles. The molecule has 84 valence electrons. The quantitative estimate of drug-likeness (QED) is 0.828. The Balaban J connectivity index is 2.05. The number of H-pyrrole nitrogens is 1. The topological polar surface area (TPSA) is 53.6 Å². The smallest absolute Gasteiger partial charge is 0.0825 e. The summed E-state index contributed by atoms with van der Waals surface area (Å²) in [5.74, 6) is 0. The van der Waals surface area contributed by atoms with Crippen LogP contribution < -0.4 is 5.32 Å². The van der Waals surface area contributed by atoms with Crippen LogP contribution in [0.2, 0.25) is 0 Å². The second-order valence-corrected chi connectivity index (χ2v) is 3.99. The van der Waals surface area contributed by atoms with E-state index in [-0.39, 0.29) is 0 Å². The molecule has 0 saturated carbocycles. The first-order valence-electron chi connectivity index (χ1n) is 5.34. The minimum Gasteiger partial charge on any atom is -0.376 e. The highest BCUT2D eigenvalue weighted by molar-refractivity contribution is 5.51. The molecule has 0 bridgehead atoms. The van der Waals surface area contributed by atoms with Gasteiger partial charge in [0.15, 0.2) is 0 Å². The summed E-state index contributed by atoms with van der Waals surface area (Å²) in [5.41, 5.74) is 5.33. The van der Waals surface area contributed by atoms with E-state index in [1.807, 2.05) is 33.0 Å². The average molecular weight is 216 g/mol. The maximum atomic E-state index is 4.34. The van der Waals surface area contributed by atoms with Gasteiger partial charge >= 0.3 is 0 Å². The molecule has 0 amide bonds. The standard InChI is InChI=1S/C12H16N4/c1-8-4-5-11(13-6-8)7-14-12-9(2)15-16-10(12)3/h4-6,14H,7H2,1-3H3,(H,15,16). The first-order valence-corrected chi connectivity index (χ1v) is 5.34. The minimum absolute atomic E-state index is 0.724. The predicted octanol–water partition coefficient (Wildman–Crippen LogP) is 2.34. The maximum Gasteiger partial charge on any atom is 0.0825 e. The molecule has 0 aliphatic heterocycles. The highest BCUT2D eigenvalue weighted by Gasteiger charge is 2.05. The Labute approximate surface area is 95.1 Å². The highest BCUT2D eigenvalue weighted by atomic mass is 15.1. The van der Waals surface area contributed by atoms with Crippen molar-refractivity contribution in [3.05, 3.63) is 41.0 Å². The molecule has 0 spiro atoms. The maximum absolute atomic E-state index is 4.34. The second kappa shape index (κ2) is 4.35. The van der Waals surface area contributed by atoms with Gasteiger partial charge in [-0.15, -0.1) is 0 Å². The zero-order chi connectivity index (χ0) is 11.5. The Morgan fingerprint density at radius 1 is 1.25 bits per heavy atom. The lowest BCUT2D eigenvalue weighted by Crippen LogP contribution is -2.02. The summed E-state index contributed by atoms with van der Waals surface area (Å²) >= 11 is 0.